The van der Waals surface area contributed by atoms with Crippen molar-refractivity contribution in [1.82, 2.24) is 0 Å². The fourth-order valence-electron chi connectivity index (χ4n) is 0.763. The Morgan fingerprint density at radius 2 is 2.46 bits per heavy atom. The summed E-state index contributed by atoms with van der Waals surface area (Å²) in [5, 5.41) is 0. The van der Waals surface area contributed by atoms with Gasteiger partial charge in [0.2, 0.25) is 5.91 Å². The van der Waals surface area contributed by atoms with Crippen molar-refractivity contribution in [3.63, 3.8) is 0 Å². The lowest BCUT2D eigenvalue weighted by Crippen LogP contribution is -2.40. The number of amides is 1. The van der Waals surface area contributed by atoms with Gasteiger partial charge in [-0.25, -0.2) is 0 Å². The molecule has 1 atom stereocenters. The minimum atomic E-state index is -0.755. The van der Waals surface area contributed by atoms with E-state index in [2.05, 4.69) is 0 Å². The number of rotatable bonds is 5. The fraction of sp³-hybridized carbons (Fsp3) is 0.375. The van der Waals surface area contributed by atoms with Crippen molar-refractivity contribution in [2.24, 2.45) is 11.5 Å². The number of primary amides is 1. The summed E-state index contributed by atoms with van der Waals surface area (Å²) in [6.07, 6.45) is 1.55. The van der Waals surface area contributed by atoms with Crippen molar-refractivity contribution in [2.75, 3.05) is 6.61 Å². The Kier molecular flexibility index (Phi) is 3.48. The summed E-state index contributed by atoms with van der Waals surface area (Å²) in [6, 6.07) is 2.78. The van der Waals surface area contributed by atoms with E-state index in [4.69, 9.17) is 20.6 Å². The van der Waals surface area contributed by atoms with E-state index < -0.39 is 11.9 Å². The van der Waals surface area contributed by atoms with E-state index in [1.807, 2.05) is 0 Å². The number of furan rings is 1. The SMILES string of the molecule is NC(=O)C(N)COCc1ccco1. The Balaban J connectivity index is 2.18. The summed E-state index contributed by atoms with van der Waals surface area (Å²) in [5.74, 6) is 0.121. The normalized spacial score (nSPS) is 12.7. The average molecular weight is 184 g/mol. The topological polar surface area (TPSA) is 91.5 Å². The van der Waals surface area contributed by atoms with Gasteiger partial charge >= 0.3 is 0 Å². The molecule has 72 valence electrons. The Morgan fingerprint density at radius 1 is 1.69 bits per heavy atom. The molecule has 0 aliphatic rings. The molecule has 1 aromatic heterocycles. The Hall–Kier alpha value is -1.33. The minimum Gasteiger partial charge on any atom is -0.467 e. The molecule has 4 N–H and O–H groups in total. The maximum atomic E-state index is 10.5. The number of hydrogen-bond acceptors (Lipinski definition) is 4. The van der Waals surface area contributed by atoms with Crippen molar-refractivity contribution < 1.29 is 13.9 Å². The van der Waals surface area contributed by atoms with Crippen molar-refractivity contribution in [3.05, 3.63) is 24.2 Å². The first-order chi connectivity index (χ1) is 6.20. The number of nitrogens with two attached hydrogens (primary N) is 2. The van der Waals surface area contributed by atoms with Gasteiger partial charge in [-0.2, -0.15) is 0 Å². The molecule has 0 spiro atoms. The molecule has 0 aliphatic heterocycles. The number of ether oxygens (including phenoxy) is 1. The monoisotopic (exact) mass is 184 g/mol. The first-order valence-corrected chi connectivity index (χ1v) is 3.85. The third-order valence-electron chi connectivity index (χ3n) is 1.49. The number of hydrogen-bond donors (Lipinski definition) is 2. The smallest absolute Gasteiger partial charge is 0.236 e. The first-order valence-electron chi connectivity index (χ1n) is 3.85. The van der Waals surface area contributed by atoms with Crippen LogP contribution in [-0.4, -0.2) is 18.6 Å². The molecule has 1 heterocycles. The van der Waals surface area contributed by atoms with E-state index in [1.165, 1.54) is 0 Å². The van der Waals surface area contributed by atoms with Crippen LogP contribution in [0.3, 0.4) is 0 Å². The lowest BCUT2D eigenvalue weighted by atomic mass is 10.3. The van der Waals surface area contributed by atoms with Crippen molar-refractivity contribution in [2.45, 2.75) is 12.6 Å². The van der Waals surface area contributed by atoms with E-state index >= 15 is 0 Å². The standard InChI is InChI=1S/C8H12N2O3/c9-7(8(10)11)5-12-4-6-2-1-3-13-6/h1-3,7H,4-5,9H2,(H2,10,11). The van der Waals surface area contributed by atoms with Gasteiger partial charge in [0, 0.05) is 0 Å². The lowest BCUT2D eigenvalue weighted by molar-refractivity contribution is -0.120. The maximum absolute atomic E-state index is 10.5. The van der Waals surface area contributed by atoms with Gasteiger partial charge < -0.3 is 20.6 Å². The Morgan fingerprint density at radius 3 is 3.00 bits per heavy atom. The molecule has 1 rings (SSSR count). The molecular formula is C8H12N2O3. The van der Waals surface area contributed by atoms with Crippen LogP contribution in [0.4, 0.5) is 0 Å². The molecule has 0 fully saturated rings. The van der Waals surface area contributed by atoms with Crippen LogP contribution in [0.1, 0.15) is 5.76 Å². The molecule has 1 aromatic rings. The zero-order valence-electron chi connectivity index (χ0n) is 7.10. The molecule has 5 nitrogen and oxygen atoms in total. The molecule has 0 aliphatic carbocycles. The second-order valence-corrected chi connectivity index (χ2v) is 2.60. The maximum Gasteiger partial charge on any atom is 0.236 e. The molecule has 0 aromatic carbocycles. The Labute approximate surface area is 75.6 Å². The van der Waals surface area contributed by atoms with Gasteiger partial charge in [-0.3, -0.25) is 4.79 Å². The second kappa shape index (κ2) is 4.64. The van der Waals surface area contributed by atoms with Crippen LogP contribution in [-0.2, 0) is 16.1 Å². The molecule has 13 heavy (non-hydrogen) atoms. The molecule has 0 saturated heterocycles. The first kappa shape index (κ1) is 9.76. The van der Waals surface area contributed by atoms with Crippen LogP contribution in [0.2, 0.25) is 0 Å². The highest BCUT2D eigenvalue weighted by atomic mass is 16.5. The summed E-state index contributed by atoms with van der Waals surface area (Å²) in [4.78, 5) is 10.5. The zero-order chi connectivity index (χ0) is 9.68. The molecule has 0 bridgehead atoms. The van der Waals surface area contributed by atoms with Gasteiger partial charge in [0.15, 0.2) is 0 Å². The second-order valence-electron chi connectivity index (χ2n) is 2.60. The zero-order valence-corrected chi connectivity index (χ0v) is 7.10. The Bertz CT molecular complexity index is 258. The van der Waals surface area contributed by atoms with Crippen LogP contribution in [0.15, 0.2) is 22.8 Å². The van der Waals surface area contributed by atoms with E-state index in [0.29, 0.717) is 12.4 Å². The van der Waals surface area contributed by atoms with E-state index in [0.717, 1.165) is 0 Å². The van der Waals surface area contributed by atoms with Gasteiger partial charge in [0.05, 0.1) is 12.9 Å². The predicted molar refractivity (Wildman–Crippen MR) is 45.5 cm³/mol. The molecule has 1 unspecified atom stereocenters. The lowest BCUT2D eigenvalue weighted by Gasteiger charge is -2.06. The quantitative estimate of drug-likeness (QED) is 0.651. The van der Waals surface area contributed by atoms with Crippen LogP contribution >= 0.6 is 0 Å². The van der Waals surface area contributed by atoms with Gasteiger partial charge in [-0.05, 0) is 12.1 Å². The number of carbonyl (C=O) groups is 1. The van der Waals surface area contributed by atoms with Crippen molar-refractivity contribution >= 4 is 5.91 Å². The molecule has 5 heteroatoms. The van der Waals surface area contributed by atoms with Gasteiger partial charge in [0.1, 0.15) is 18.4 Å². The van der Waals surface area contributed by atoms with E-state index in [1.54, 1.807) is 18.4 Å². The van der Waals surface area contributed by atoms with Crippen LogP contribution in [0.5, 0.6) is 0 Å². The van der Waals surface area contributed by atoms with Gasteiger partial charge in [-0.15, -0.1) is 0 Å². The third kappa shape index (κ3) is 3.27. The molecule has 0 saturated carbocycles. The highest BCUT2D eigenvalue weighted by molar-refractivity contribution is 5.79. The van der Waals surface area contributed by atoms with Crippen LogP contribution < -0.4 is 11.5 Å². The summed E-state index contributed by atoms with van der Waals surface area (Å²) in [6.45, 7) is 0.407. The molecule has 0 radical (unpaired) electrons. The highest BCUT2D eigenvalue weighted by Crippen LogP contribution is 2.01. The predicted octanol–water partition coefficient (Wildman–Crippen LogP) is -0.391. The number of carbonyl (C=O) groups excluding carboxylic acids is 1. The summed E-state index contributed by atoms with van der Waals surface area (Å²) < 4.78 is 10.1. The minimum absolute atomic E-state index is 0.107. The van der Waals surface area contributed by atoms with E-state index in [-0.39, 0.29) is 6.61 Å². The summed E-state index contributed by atoms with van der Waals surface area (Å²) >= 11 is 0. The van der Waals surface area contributed by atoms with Crippen molar-refractivity contribution in [1.29, 1.82) is 0 Å². The highest BCUT2D eigenvalue weighted by Gasteiger charge is 2.08. The molecular weight excluding hydrogens is 172 g/mol. The summed E-state index contributed by atoms with van der Waals surface area (Å²) in [7, 11) is 0. The van der Waals surface area contributed by atoms with Gasteiger partial charge in [0.25, 0.3) is 0 Å². The van der Waals surface area contributed by atoms with E-state index in [9.17, 15) is 4.79 Å². The average Bonchev–Trinajstić information content (AvgIpc) is 2.56. The van der Waals surface area contributed by atoms with Crippen molar-refractivity contribution in [3.8, 4) is 0 Å². The molecule has 1 amide bonds. The van der Waals surface area contributed by atoms with Crippen LogP contribution in [0, 0.1) is 0 Å². The fourth-order valence-corrected chi connectivity index (χ4v) is 0.763. The van der Waals surface area contributed by atoms with Crippen LogP contribution in [0.25, 0.3) is 0 Å². The van der Waals surface area contributed by atoms with Gasteiger partial charge in [-0.1, -0.05) is 0 Å². The largest absolute Gasteiger partial charge is 0.467 e. The summed E-state index contributed by atoms with van der Waals surface area (Å²) in [5.41, 5.74) is 10.3. The third-order valence-corrected chi connectivity index (χ3v) is 1.49.